The van der Waals surface area contributed by atoms with Crippen LogP contribution in [0.3, 0.4) is 0 Å². The number of hydrogen-bond donors (Lipinski definition) is 1. The molecule has 0 unspecified atom stereocenters. The Bertz CT molecular complexity index is 713. The van der Waals surface area contributed by atoms with Crippen LogP contribution in [-0.4, -0.2) is 27.2 Å². The maximum Gasteiger partial charge on any atom is 0.234 e. The molecular formula is C16H18N4OS. The van der Waals surface area contributed by atoms with Crippen LogP contribution in [0.25, 0.3) is 5.69 Å². The third-order valence-electron chi connectivity index (χ3n) is 3.23. The zero-order chi connectivity index (χ0) is 16.1. The Hall–Kier alpha value is -2.26. The Labute approximate surface area is 134 Å². The lowest BCUT2D eigenvalue weighted by Crippen LogP contribution is -2.15. The number of rotatable bonds is 5. The summed E-state index contributed by atoms with van der Waals surface area (Å²) < 4.78 is 1.83. The van der Waals surface area contributed by atoms with Gasteiger partial charge in [0.05, 0.1) is 40.3 Å². The van der Waals surface area contributed by atoms with Crippen LogP contribution in [0.15, 0.2) is 24.3 Å². The zero-order valence-corrected chi connectivity index (χ0v) is 13.7. The zero-order valence-electron chi connectivity index (χ0n) is 12.9. The monoisotopic (exact) mass is 314 g/mol. The quantitative estimate of drug-likeness (QED) is 0.861. The molecule has 0 aliphatic rings. The maximum atomic E-state index is 11.9. The molecule has 0 aliphatic carbocycles. The first-order chi connectivity index (χ1) is 10.5. The van der Waals surface area contributed by atoms with Gasteiger partial charge in [0.15, 0.2) is 0 Å². The standard InChI is InChI=1S/C16H18N4OS/c1-11-4-6-14(7-5-11)20-13(3)16(12(2)19-20)18-15(21)10-22-9-8-17/h4-7H,9-10H2,1-3H3,(H,18,21). The number of nitriles is 1. The lowest BCUT2D eigenvalue weighted by molar-refractivity contribution is -0.113. The first kappa shape index (κ1) is 16.1. The second kappa shape index (κ2) is 7.14. The number of carbonyl (C=O) groups excluding carboxylic acids is 1. The summed E-state index contributed by atoms with van der Waals surface area (Å²) in [4.78, 5) is 11.9. The van der Waals surface area contributed by atoms with Gasteiger partial charge in [0.2, 0.25) is 5.91 Å². The van der Waals surface area contributed by atoms with Crippen LogP contribution in [0.4, 0.5) is 5.69 Å². The molecule has 22 heavy (non-hydrogen) atoms. The van der Waals surface area contributed by atoms with Crippen LogP contribution in [0.1, 0.15) is 17.0 Å². The highest BCUT2D eigenvalue weighted by atomic mass is 32.2. The number of hydrogen-bond acceptors (Lipinski definition) is 4. The third kappa shape index (κ3) is 3.68. The third-order valence-corrected chi connectivity index (χ3v) is 4.03. The number of aryl methyl sites for hydroxylation is 2. The fraction of sp³-hybridized carbons (Fsp3) is 0.312. The van der Waals surface area contributed by atoms with Crippen molar-refractivity contribution in [2.75, 3.05) is 16.8 Å². The van der Waals surface area contributed by atoms with Crippen LogP contribution in [0.2, 0.25) is 0 Å². The van der Waals surface area contributed by atoms with E-state index < -0.39 is 0 Å². The highest BCUT2D eigenvalue weighted by molar-refractivity contribution is 8.00. The molecule has 1 amide bonds. The summed E-state index contributed by atoms with van der Waals surface area (Å²) in [6.07, 6.45) is 0. The fourth-order valence-electron chi connectivity index (χ4n) is 2.13. The predicted molar refractivity (Wildman–Crippen MR) is 89.3 cm³/mol. The molecular weight excluding hydrogens is 296 g/mol. The van der Waals surface area contributed by atoms with Crippen molar-refractivity contribution in [2.45, 2.75) is 20.8 Å². The summed E-state index contributed by atoms with van der Waals surface area (Å²) in [5.74, 6) is 0.464. The first-order valence-corrected chi connectivity index (χ1v) is 8.06. The van der Waals surface area contributed by atoms with E-state index in [9.17, 15) is 4.79 Å². The lowest BCUT2D eigenvalue weighted by atomic mass is 10.2. The second-order valence-corrected chi connectivity index (χ2v) is 5.98. The van der Waals surface area contributed by atoms with Crippen molar-refractivity contribution in [1.29, 1.82) is 5.26 Å². The molecule has 1 N–H and O–H groups in total. The lowest BCUT2D eigenvalue weighted by Gasteiger charge is -2.07. The van der Waals surface area contributed by atoms with Crippen molar-refractivity contribution in [1.82, 2.24) is 9.78 Å². The molecule has 0 fully saturated rings. The van der Waals surface area contributed by atoms with Crippen molar-refractivity contribution in [3.63, 3.8) is 0 Å². The smallest absolute Gasteiger partial charge is 0.234 e. The number of thioether (sulfide) groups is 1. The largest absolute Gasteiger partial charge is 0.322 e. The predicted octanol–water partition coefficient (Wildman–Crippen LogP) is 2.99. The Morgan fingerprint density at radius 1 is 1.32 bits per heavy atom. The van der Waals surface area contributed by atoms with Crippen LogP contribution in [0, 0.1) is 32.1 Å². The summed E-state index contributed by atoms with van der Waals surface area (Å²) in [5, 5.41) is 15.9. The number of amides is 1. The van der Waals surface area contributed by atoms with Gasteiger partial charge in [-0.25, -0.2) is 4.68 Å². The number of anilines is 1. The molecule has 2 rings (SSSR count). The van der Waals surface area contributed by atoms with Crippen LogP contribution < -0.4 is 5.32 Å². The van der Waals surface area contributed by atoms with Gasteiger partial charge in [0, 0.05) is 0 Å². The average molecular weight is 314 g/mol. The van der Waals surface area contributed by atoms with Gasteiger partial charge >= 0.3 is 0 Å². The van der Waals surface area contributed by atoms with Crippen molar-refractivity contribution >= 4 is 23.4 Å². The van der Waals surface area contributed by atoms with E-state index in [4.69, 9.17) is 5.26 Å². The van der Waals surface area contributed by atoms with Crippen molar-refractivity contribution < 1.29 is 4.79 Å². The van der Waals surface area contributed by atoms with E-state index >= 15 is 0 Å². The Morgan fingerprint density at radius 3 is 2.64 bits per heavy atom. The van der Waals surface area contributed by atoms with Crippen molar-refractivity contribution in [3.05, 3.63) is 41.2 Å². The first-order valence-electron chi connectivity index (χ1n) is 6.90. The van der Waals surface area contributed by atoms with Gasteiger partial charge in [-0.3, -0.25) is 4.79 Å². The fourth-order valence-corrected chi connectivity index (χ4v) is 2.58. The Morgan fingerprint density at radius 2 is 2.00 bits per heavy atom. The number of nitrogens with zero attached hydrogens (tertiary/aromatic N) is 3. The molecule has 0 radical (unpaired) electrons. The molecule has 1 heterocycles. The summed E-state index contributed by atoms with van der Waals surface area (Å²) >= 11 is 1.30. The minimum absolute atomic E-state index is 0.116. The number of carbonyl (C=O) groups is 1. The summed E-state index contributed by atoms with van der Waals surface area (Å²) in [6, 6.07) is 10.1. The molecule has 0 saturated heterocycles. The summed E-state index contributed by atoms with van der Waals surface area (Å²) in [7, 11) is 0. The van der Waals surface area contributed by atoms with Crippen LogP contribution >= 0.6 is 11.8 Å². The molecule has 6 heteroatoms. The van der Waals surface area contributed by atoms with E-state index in [0.717, 1.165) is 22.8 Å². The molecule has 0 bridgehead atoms. The normalized spacial score (nSPS) is 10.3. The van der Waals surface area contributed by atoms with Gasteiger partial charge in [-0.05, 0) is 32.9 Å². The van der Waals surface area contributed by atoms with E-state index in [1.165, 1.54) is 17.3 Å². The van der Waals surface area contributed by atoms with Crippen LogP contribution in [0.5, 0.6) is 0 Å². The van der Waals surface area contributed by atoms with Gasteiger partial charge in [0.1, 0.15) is 0 Å². The molecule has 0 saturated carbocycles. The van der Waals surface area contributed by atoms with Gasteiger partial charge in [0.25, 0.3) is 0 Å². The highest BCUT2D eigenvalue weighted by Crippen LogP contribution is 2.23. The molecule has 2 aromatic rings. The maximum absolute atomic E-state index is 11.9. The van der Waals surface area contributed by atoms with Crippen molar-refractivity contribution in [2.24, 2.45) is 0 Å². The van der Waals surface area contributed by atoms with Crippen LogP contribution in [-0.2, 0) is 4.79 Å². The van der Waals surface area contributed by atoms with Gasteiger partial charge in [-0.2, -0.15) is 10.4 Å². The van der Waals surface area contributed by atoms with Crippen molar-refractivity contribution in [3.8, 4) is 11.8 Å². The van der Waals surface area contributed by atoms with E-state index in [0.29, 0.717) is 5.75 Å². The van der Waals surface area contributed by atoms with Gasteiger partial charge in [-0.15, -0.1) is 11.8 Å². The molecule has 1 aromatic carbocycles. The summed E-state index contributed by atoms with van der Waals surface area (Å²) in [6.45, 7) is 5.84. The Balaban J connectivity index is 2.19. The minimum atomic E-state index is -0.116. The number of aromatic nitrogens is 2. The van der Waals surface area contributed by atoms with E-state index in [1.54, 1.807) is 0 Å². The second-order valence-electron chi connectivity index (χ2n) is 4.99. The van der Waals surface area contributed by atoms with E-state index in [2.05, 4.69) is 10.4 Å². The van der Waals surface area contributed by atoms with Gasteiger partial charge in [-0.1, -0.05) is 17.7 Å². The molecule has 0 spiro atoms. The van der Waals surface area contributed by atoms with E-state index in [1.807, 2.05) is 55.8 Å². The topological polar surface area (TPSA) is 70.7 Å². The number of benzene rings is 1. The molecule has 0 aliphatic heterocycles. The summed E-state index contributed by atoms with van der Waals surface area (Å²) in [5.41, 5.74) is 4.55. The Kier molecular flexibility index (Phi) is 5.23. The molecule has 1 aromatic heterocycles. The minimum Gasteiger partial charge on any atom is -0.322 e. The molecule has 5 nitrogen and oxygen atoms in total. The molecule has 0 atom stereocenters. The molecule has 114 valence electrons. The SMILES string of the molecule is Cc1ccc(-n2nc(C)c(NC(=O)CSCC#N)c2C)cc1. The number of nitrogens with one attached hydrogen (secondary N) is 1. The van der Waals surface area contributed by atoms with Gasteiger partial charge < -0.3 is 5.32 Å². The highest BCUT2D eigenvalue weighted by Gasteiger charge is 2.15. The average Bonchev–Trinajstić information content (AvgIpc) is 2.76. The van der Waals surface area contributed by atoms with E-state index in [-0.39, 0.29) is 11.7 Å².